The molecule has 0 aliphatic heterocycles. The Bertz CT molecular complexity index is 978. The molecule has 140 valence electrons. The Morgan fingerprint density at radius 1 is 1.15 bits per heavy atom. The van der Waals surface area contributed by atoms with Crippen molar-refractivity contribution in [1.29, 1.82) is 0 Å². The van der Waals surface area contributed by atoms with E-state index in [0.29, 0.717) is 25.2 Å². The van der Waals surface area contributed by atoms with Gasteiger partial charge in [0.05, 0.1) is 16.5 Å². The molecule has 0 fully saturated rings. The molecule has 0 bridgehead atoms. The number of hydrogen-bond donors (Lipinski definition) is 2. The number of aryl methyl sites for hydroxylation is 1. The third-order valence-electron chi connectivity index (χ3n) is 3.78. The topological polar surface area (TPSA) is 66.9 Å². The second kappa shape index (κ2) is 8.93. The standard InChI is InChI=1S/C18H16Cl2N4OS2/c1-10-4-3-5-14(11(10)2)22-17-23-24-18(27-17)26-9-16(25)21-15-7-6-12(19)8-13(15)20/h3-8H,9H2,1-2H3,(H,21,25)(H,22,23). The molecule has 0 unspecified atom stereocenters. The average molecular weight is 439 g/mol. The average Bonchev–Trinajstić information content (AvgIpc) is 3.07. The fourth-order valence-corrected chi connectivity index (χ4v) is 4.24. The first kappa shape index (κ1) is 19.9. The number of carbonyl (C=O) groups is 1. The van der Waals surface area contributed by atoms with Crippen LogP contribution < -0.4 is 10.6 Å². The molecule has 1 heterocycles. The van der Waals surface area contributed by atoms with Crippen LogP contribution in [0.5, 0.6) is 0 Å². The van der Waals surface area contributed by atoms with E-state index in [1.165, 1.54) is 34.2 Å². The van der Waals surface area contributed by atoms with E-state index in [-0.39, 0.29) is 11.7 Å². The third-order valence-corrected chi connectivity index (χ3v) is 6.30. The molecule has 0 aliphatic carbocycles. The molecule has 1 amide bonds. The molecule has 2 N–H and O–H groups in total. The van der Waals surface area contributed by atoms with Crippen molar-refractivity contribution >= 4 is 68.7 Å². The van der Waals surface area contributed by atoms with Gasteiger partial charge in [0.15, 0.2) is 4.34 Å². The summed E-state index contributed by atoms with van der Waals surface area (Å²) < 4.78 is 0.708. The molecule has 3 aromatic rings. The summed E-state index contributed by atoms with van der Waals surface area (Å²) >= 11 is 14.6. The van der Waals surface area contributed by atoms with Gasteiger partial charge in [-0.2, -0.15) is 0 Å². The van der Waals surface area contributed by atoms with Gasteiger partial charge < -0.3 is 10.6 Å². The predicted octanol–water partition coefficient (Wildman–Crippen LogP) is 5.94. The number of thioether (sulfide) groups is 1. The first-order valence-corrected chi connectivity index (χ1v) is 10.5. The van der Waals surface area contributed by atoms with Gasteiger partial charge in [-0.15, -0.1) is 10.2 Å². The van der Waals surface area contributed by atoms with Gasteiger partial charge in [-0.05, 0) is 49.2 Å². The highest BCUT2D eigenvalue weighted by atomic mass is 35.5. The zero-order chi connectivity index (χ0) is 19.4. The molecule has 3 rings (SSSR count). The van der Waals surface area contributed by atoms with Crippen LogP contribution in [0.25, 0.3) is 0 Å². The summed E-state index contributed by atoms with van der Waals surface area (Å²) in [6, 6.07) is 11.0. The van der Waals surface area contributed by atoms with Gasteiger partial charge in [0.1, 0.15) is 0 Å². The molecule has 2 aromatic carbocycles. The molecule has 0 aliphatic rings. The van der Waals surface area contributed by atoms with E-state index < -0.39 is 0 Å². The van der Waals surface area contributed by atoms with Crippen molar-refractivity contribution in [2.45, 2.75) is 18.2 Å². The number of benzene rings is 2. The summed E-state index contributed by atoms with van der Waals surface area (Å²) in [6.45, 7) is 4.12. The lowest BCUT2D eigenvalue weighted by atomic mass is 10.1. The Morgan fingerprint density at radius 2 is 1.96 bits per heavy atom. The van der Waals surface area contributed by atoms with Crippen molar-refractivity contribution in [2.75, 3.05) is 16.4 Å². The molecular formula is C18H16Cl2N4OS2. The van der Waals surface area contributed by atoms with Crippen molar-refractivity contribution in [3.63, 3.8) is 0 Å². The second-order valence-electron chi connectivity index (χ2n) is 5.71. The Morgan fingerprint density at radius 3 is 2.74 bits per heavy atom. The molecule has 1 aromatic heterocycles. The van der Waals surface area contributed by atoms with Crippen LogP contribution in [0.15, 0.2) is 40.7 Å². The van der Waals surface area contributed by atoms with E-state index in [9.17, 15) is 4.79 Å². The minimum absolute atomic E-state index is 0.177. The lowest BCUT2D eigenvalue weighted by molar-refractivity contribution is -0.113. The van der Waals surface area contributed by atoms with Crippen LogP contribution in [0.1, 0.15) is 11.1 Å². The van der Waals surface area contributed by atoms with E-state index in [4.69, 9.17) is 23.2 Å². The number of nitrogens with zero attached hydrogens (tertiary/aromatic N) is 2. The number of rotatable bonds is 6. The van der Waals surface area contributed by atoms with E-state index in [0.717, 1.165) is 5.69 Å². The largest absolute Gasteiger partial charge is 0.330 e. The molecule has 0 saturated carbocycles. The molecular weight excluding hydrogens is 423 g/mol. The maximum Gasteiger partial charge on any atom is 0.234 e. The van der Waals surface area contributed by atoms with E-state index in [1.54, 1.807) is 18.2 Å². The number of nitrogens with one attached hydrogen (secondary N) is 2. The van der Waals surface area contributed by atoms with Crippen LogP contribution in [-0.2, 0) is 4.79 Å². The first-order chi connectivity index (χ1) is 12.9. The summed E-state index contributed by atoms with van der Waals surface area (Å²) in [7, 11) is 0. The Kier molecular flexibility index (Phi) is 6.59. The van der Waals surface area contributed by atoms with E-state index in [1.807, 2.05) is 12.1 Å². The monoisotopic (exact) mass is 438 g/mol. The predicted molar refractivity (Wildman–Crippen MR) is 115 cm³/mol. The van der Waals surface area contributed by atoms with Crippen LogP contribution >= 0.6 is 46.3 Å². The Balaban J connectivity index is 1.56. The lowest BCUT2D eigenvalue weighted by Gasteiger charge is -2.08. The molecule has 0 saturated heterocycles. The van der Waals surface area contributed by atoms with Gasteiger partial charge in [0, 0.05) is 10.7 Å². The smallest absolute Gasteiger partial charge is 0.234 e. The van der Waals surface area contributed by atoms with Crippen molar-refractivity contribution in [3.05, 3.63) is 57.6 Å². The van der Waals surface area contributed by atoms with Gasteiger partial charge in [-0.25, -0.2) is 0 Å². The van der Waals surface area contributed by atoms with Gasteiger partial charge in [0.25, 0.3) is 0 Å². The molecule has 0 spiro atoms. The van der Waals surface area contributed by atoms with Crippen LogP contribution in [0.2, 0.25) is 10.0 Å². The van der Waals surface area contributed by atoms with Gasteiger partial charge in [-0.1, -0.05) is 58.4 Å². The Labute approximate surface area is 175 Å². The number of anilines is 3. The summed E-state index contributed by atoms with van der Waals surface area (Å²) in [6.07, 6.45) is 0. The van der Waals surface area contributed by atoms with Gasteiger partial charge >= 0.3 is 0 Å². The normalized spacial score (nSPS) is 10.7. The number of amides is 1. The number of carbonyl (C=O) groups excluding carboxylic acids is 1. The number of halogens is 2. The minimum atomic E-state index is -0.177. The number of hydrogen-bond acceptors (Lipinski definition) is 6. The quantitative estimate of drug-likeness (QED) is 0.466. The summed E-state index contributed by atoms with van der Waals surface area (Å²) in [4.78, 5) is 12.1. The maximum atomic E-state index is 12.1. The van der Waals surface area contributed by atoms with Crippen LogP contribution in [0.4, 0.5) is 16.5 Å². The summed E-state index contributed by atoms with van der Waals surface area (Å²) in [5.41, 5.74) is 3.90. The minimum Gasteiger partial charge on any atom is -0.330 e. The first-order valence-electron chi connectivity index (χ1n) is 7.97. The summed E-state index contributed by atoms with van der Waals surface area (Å²) in [5.74, 6) is 0.0281. The van der Waals surface area contributed by atoms with Crippen LogP contribution in [-0.4, -0.2) is 21.9 Å². The highest BCUT2D eigenvalue weighted by molar-refractivity contribution is 8.01. The third kappa shape index (κ3) is 5.35. The maximum absolute atomic E-state index is 12.1. The highest BCUT2D eigenvalue weighted by Gasteiger charge is 2.11. The van der Waals surface area contributed by atoms with Crippen LogP contribution in [0.3, 0.4) is 0 Å². The van der Waals surface area contributed by atoms with Gasteiger partial charge in [-0.3, -0.25) is 4.79 Å². The molecule has 0 radical (unpaired) electrons. The molecule has 27 heavy (non-hydrogen) atoms. The number of aromatic nitrogens is 2. The lowest BCUT2D eigenvalue weighted by Crippen LogP contribution is -2.14. The van der Waals surface area contributed by atoms with Crippen molar-refractivity contribution < 1.29 is 4.79 Å². The van der Waals surface area contributed by atoms with Crippen molar-refractivity contribution in [3.8, 4) is 0 Å². The fourth-order valence-electron chi connectivity index (χ4n) is 2.22. The summed E-state index contributed by atoms with van der Waals surface area (Å²) in [5, 5.41) is 15.9. The zero-order valence-corrected chi connectivity index (χ0v) is 17.7. The van der Waals surface area contributed by atoms with Crippen molar-refractivity contribution in [2.24, 2.45) is 0 Å². The van der Waals surface area contributed by atoms with Crippen LogP contribution in [0, 0.1) is 13.8 Å². The molecule has 5 nitrogen and oxygen atoms in total. The van der Waals surface area contributed by atoms with Gasteiger partial charge in [0.2, 0.25) is 11.0 Å². The highest BCUT2D eigenvalue weighted by Crippen LogP contribution is 2.30. The SMILES string of the molecule is Cc1cccc(Nc2nnc(SCC(=O)Nc3ccc(Cl)cc3Cl)s2)c1C. The zero-order valence-electron chi connectivity index (χ0n) is 14.5. The van der Waals surface area contributed by atoms with Crippen molar-refractivity contribution in [1.82, 2.24) is 10.2 Å². The molecule has 0 atom stereocenters. The second-order valence-corrected chi connectivity index (χ2v) is 8.75. The van der Waals surface area contributed by atoms with E-state index in [2.05, 4.69) is 40.7 Å². The Hall–Kier alpha value is -1.80. The van der Waals surface area contributed by atoms with E-state index >= 15 is 0 Å². The molecule has 9 heteroatoms. The fraction of sp³-hybridized carbons (Fsp3) is 0.167.